The molecule has 0 bridgehead atoms. The molecule has 6 nitrogen and oxygen atoms in total. The van der Waals surface area contributed by atoms with Gasteiger partial charge in [0, 0.05) is 24.0 Å². The lowest BCUT2D eigenvalue weighted by molar-refractivity contribution is -0.120. The molecular formula is C22H17N3O3. The molecule has 3 amide bonds. The van der Waals surface area contributed by atoms with Gasteiger partial charge in [-0.05, 0) is 24.3 Å². The maximum absolute atomic E-state index is 13.3. The summed E-state index contributed by atoms with van der Waals surface area (Å²) in [5.74, 6) is -1.23. The van der Waals surface area contributed by atoms with Crippen LogP contribution in [-0.2, 0) is 4.79 Å². The lowest BCUT2D eigenvalue weighted by atomic mass is 10.0. The van der Waals surface area contributed by atoms with E-state index in [1.807, 2.05) is 37.3 Å². The number of anilines is 1. The van der Waals surface area contributed by atoms with Gasteiger partial charge in [0.2, 0.25) is 0 Å². The summed E-state index contributed by atoms with van der Waals surface area (Å²) >= 11 is 0. The third-order valence-corrected chi connectivity index (χ3v) is 5.53. The van der Waals surface area contributed by atoms with E-state index in [1.165, 1.54) is 0 Å². The van der Waals surface area contributed by atoms with Crippen LogP contribution in [0.5, 0.6) is 0 Å². The first kappa shape index (κ1) is 16.6. The highest BCUT2D eigenvalue weighted by atomic mass is 16.2. The van der Waals surface area contributed by atoms with Gasteiger partial charge in [-0.1, -0.05) is 37.3 Å². The predicted octanol–water partition coefficient (Wildman–Crippen LogP) is 2.88. The summed E-state index contributed by atoms with van der Waals surface area (Å²) in [5, 5.41) is 0.935. The van der Waals surface area contributed by atoms with Crippen molar-refractivity contribution < 1.29 is 14.4 Å². The molecule has 0 spiro atoms. The number of aromatic nitrogens is 1. The highest BCUT2D eigenvalue weighted by Gasteiger charge is 2.50. The van der Waals surface area contributed by atoms with Crippen LogP contribution in [0.3, 0.4) is 0 Å². The van der Waals surface area contributed by atoms with Gasteiger partial charge < -0.3 is 4.90 Å². The van der Waals surface area contributed by atoms with Crippen LogP contribution in [0.25, 0.3) is 10.9 Å². The Bertz CT molecular complexity index is 1120. The standard InChI is InChI=1S/C22H17N3O3/c1-13-12-24(17-10-4-6-14-7-5-11-23-18(14)17)22(28)19(13)25-20(26)15-8-2-3-9-16(15)21(25)27/h2-11,13,19H,12H2,1H3/t13-,19+/m1/s1. The molecule has 2 aromatic carbocycles. The minimum atomic E-state index is -0.814. The summed E-state index contributed by atoms with van der Waals surface area (Å²) in [7, 11) is 0. The summed E-state index contributed by atoms with van der Waals surface area (Å²) in [6.07, 6.45) is 1.69. The molecule has 138 valence electrons. The Morgan fingerprint density at radius 3 is 2.29 bits per heavy atom. The fraction of sp³-hybridized carbons (Fsp3) is 0.182. The van der Waals surface area contributed by atoms with E-state index in [4.69, 9.17) is 0 Å². The van der Waals surface area contributed by atoms with Gasteiger partial charge in [-0.3, -0.25) is 24.3 Å². The van der Waals surface area contributed by atoms with E-state index in [0.717, 1.165) is 15.8 Å². The van der Waals surface area contributed by atoms with Crippen molar-refractivity contribution in [3.8, 4) is 0 Å². The summed E-state index contributed by atoms with van der Waals surface area (Å²) in [6.45, 7) is 2.32. The van der Waals surface area contributed by atoms with Crippen LogP contribution in [0.2, 0.25) is 0 Å². The normalized spacial score (nSPS) is 21.7. The van der Waals surface area contributed by atoms with Crippen LogP contribution in [-0.4, -0.2) is 40.2 Å². The Kier molecular flexibility index (Phi) is 3.55. The lowest BCUT2D eigenvalue weighted by Crippen LogP contribution is -2.47. The van der Waals surface area contributed by atoms with E-state index in [2.05, 4.69) is 4.98 Å². The number of hydrogen-bond donors (Lipinski definition) is 0. The van der Waals surface area contributed by atoms with E-state index in [0.29, 0.717) is 23.4 Å². The van der Waals surface area contributed by atoms with Crippen molar-refractivity contribution in [2.75, 3.05) is 11.4 Å². The highest BCUT2D eigenvalue weighted by molar-refractivity contribution is 6.24. The molecule has 0 unspecified atom stereocenters. The highest BCUT2D eigenvalue weighted by Crippen LogP contribution is 2.35. The van der Waals surface area contributed by atoms with Crippen molar-refractivity contribution in [1.82, 2.24) is 9.88 Å². The average molecular weight is 371 g/mol. The molecule has 3 heterocycles. The number of fused-ring (bicyclic) bond motifs is 2. The van der Waals surface area contributed by atoms with Gasteiger partial charge in [0.15, 0.2) is 0 Å². The Morgan fingerprint density at radius 1 is 0.893 bits per heavy atom. The van der Waals surface area contributed by atoms with E-state index in [1.54, 1.807) is 35.4 Å². The summed E-state index contributed by atoms with van der Waals surface area (Å²) in [5.41, 5.74) is 2.15. The monoisotopic (exact) mass is 371 g/mol. The average Bonchev–Trinajstić information content (AvgIpc) is 3.14. The fourth-order valence-electron chi connectivity index (χ4n) is 4.23. The molecule has 0 aliphatic carbocycles. The van der Waals surface area contributed by atoms with Crippen LogP contribution >= 0.6 is 0 Å². The maximum Gasteiger partial charge on any atom is 0.262 e. The number of hydrogen-bond acceptors (Lipinski definition) is 4. The number of benzene rings is 2. The SMILES string of the molecule is C[C@@H]1CN(c2cccc3cccnc23)C(=O)[C@H]1N1C(=O)c2ccccc2C1=O. The van der Waals surface area contributed by atoms with Crippen LogP contribution in [0.4, 0.5) is 5.69 Å². The Morgan fingerprint density at radius 2 is 1.57 bits per heavy atom. The van der Waals surface area contributed by atoms with E-state index >= 15 is 0 Å². The minimum absolute atomic E-state index is 0.186. The molecule has 3 aromatic rings. The minimum Gasteiger partial charge on any atom is -0.308 e. The van der Waals surface area contributed by atoms with Crippen LogP contribution in [0, 0.1) is 5.92 Å². The number of imide groups is 1. The molecule has 0 saturated carbocycles. The third kappa shape index (κ3) is 2.21. The fourth-order valence-corrected chi connectivity index (χ4v) is 4.23. The molecular weight excluding hydrogens is 354 g/mol. The first-order valence-corrected chi connectivity index (χ1v) is 9.20. The number of nitrogens with zero attached hydrogens (tertiary/aromatic N) is 3. The largest absolute Gasteiger partial charge is 0.308 e. The van der Waals surface area contributed by atoms with Crippen molar-refractivity contribution in [2.24, 2.45) is 5.92 Å². The number of carbonyl (C=O) groups excluding carboxylic acids is 3. The molecule has 2 atom stereocenters. The number of carbonyl (C=O) groups is 3. The second-order valence-corrected chi connectivity index (χ2v) is 7.25. The van der Waals surface area contributed by atoms with E-state index < -0.39 is 17.9 Å². The van der Waals surface area contributed by atoms with Gasteiger partial charge >= 0.3 is 0 Å². The smallest absolute Gasteiger partial charge is 0.262 e. The van der Waals surface area contributed by atoms with Crippen molar-refractivity contribution in [3.63, 3.8) is 0 Å². The topological polar surface area (TPSA) is 70.6 Å². The second kappa shape index (κ2) is 5.99. The summed E-state index contributed by atoms with van der Waals surface area (Å²) in [4.78, 5) is 46.3. The number of rotatable bonds is 2. The van der Waals surface area contributed by atoms with Crippen molar-refractivity contribution in [1.29, 1.82) is 0 Å². The van der Waals surface area contributed by atoms with Gasteiger partial charge in [0.25, 0.3) is 17.7 Å². The predicted molar refractivity (Wildman–Crippen MR) is 104 cm³/mol. The molecule has 0 radical (unpaired) electrons. The number of amides is 3. The molecule has 0 N–H and O–H groups in total. The molecule has 2 aliphatic rings. The molecule has 2 aliphatic heterocycles. The van der Waals surface area contributed by atoms with Gasteiger partial charge in [0.1, 0.15) is 6.04 Å². The molecule has 1 aromatic heterocycles. The molecule has 1 fully saturated rings. The zero-order valence-electron chi connectivity index (χ0n) is 15.2. The van der Waals surface area contributed by atoms with Gasteiger partial charge in [-0.25, -0.2) is 0 Å². The van der Waals surface area contributed by atoms with Gasteiger partial charge in [-0.2, -0.15) is 0 Å². The molecule has 28 heavy (non-hydrogen) atoms. The molecule has 5 rings (SSSR count). The van der Waals surface area contributed by atoms with Crippen molar-refractivity contribution in [2.45, 2.75) is 13.0 Å². The Hall–Kier alpha value is -3.54. The lowest BCUT2D eigenvalue weighted by Gasteiger charge is -2.24. The van der Waals surface area contributed by atoms with Gasteiger partial charge in [0.05, 0.1) is 22.3 Å². The first-order valence-electron chi connectivity index (χ1n) is 9.20. The molecule has 1 saturated heterocycles. The molecule has 6 heteroatoms. The number of para-hydroxylation sites is 1. The van der Waals surface area contributed by atoms with Crippen molar-refractivity contribution in [3.05, 3.63) is 71.9 Å². The third-order valence-electron chi connectivity index (χ3n) is 5.53. The van der Waals surface area contributed by atoms with E-state index in [-0.39, 0.29) is 11.8 Å². The van der Waals surface area contributed by atoms with Crippen molar-refractivity contribution >= 4 is 34.3 Å². The maximum atomic E-state index is 13.3. The van der Waals surface area contributed by atoms with Crippen LogP contribution in [0.15, 0.2) is 60.8 Å². The Labute approximate surface area is 161 Å². The van der Waals surface area contributed by atoms with Crippen LogP contribution < -0.4 is 4.90 Å². The van der Waals surface area contributed by atoms with Crippen LogP contribution in [0.1, 0.15) is 27.6 Å². The zero-order chi connectivity index (χ0) is 19.4. The summed E-state index contributed by atoms with van der Waals surface area (Å²) < 4.78 is 0. The van der Waals surface area contributed by atoms with E-state index in [9.17, 15) is 14.4 Å². The first-order chi connectivity index (χ1) is 13.6. The Balaban J connectivity index is 1.55. The second-order valence-electron chi connectivity index (χ2n) is 7.25. The quantitative estimate of drug-likeness (QED) is 0.650. The van der Waals surface area contributed by atoms with Gasteiger partial charge in [-0.15, -0.1) is 0 Å². The zero-order valence-corrected chi connectivity index (χ0v) is 15.2. The summed E-state index contributed by atoms with van der Waals surface area (Å²) in [6, 6.07) is 15.4. The number of pyridine rings is 1.